The van der Waals surface area contributed by atoms with Gasteiger partial charge in [0.25, 0.3) is 0 Å². The summed E-state index contributed by atoms with van der Waals surface area (Å²) >= 11 is 0. The fraction of sp³-hybridized carbons (Fsp3) is 0.586. The first-order valence-electron chi connectivity index (χ1n) is 12.1. The van der Waals surface area contributed by atoms with Crippen LogP contribution in [0.3, 0.4) is 0 Å². The van der Waals surface area contributed by atoms with Crippen LogP contribution in [0.4, 0.5) is 0 Å². The van der Waals surface area contributed by atoms with Gasteiger partial charge in [0.05, 0.1) is 19.8 Å². The highest BCUT2D eigenvalue weighted by Gasteiger charge is 2.66. The molecule has 1 aromatic carbocycles. The monoisotopic (exact) mass is 452 g/mol. The van der Waals surface area contributed by atoms with E-state index in [1.807, 2.05) is 6.07 Å². The smallest absolute Gasteiger partial charge is 0.236 e. The molecule has 4 rings (SSSR count). The number of methoxy groups -OCH3 is 2. The van der Waals surface area contributed by atoms with Crippen LogP contribution in [0.15, 0.2) is 47.8 Å². The average molecular weight is 453 g/mol. The zero-order valence-corrected chi connectivity index (χ0v) is 21.6. The minimum absolute atomic E-state index is 0.0543. The van der Waals surface area contributed by atoms with Crippen molar-refractivity contribution in [3.63, 3.8) is 0 Å². The summed E-state index contributed by atoms with van der Waals surface area (Å²) in [7, 11) is 3.43. The van der Waals surface area contributed by atoms with Crippen LogP contribution < -0.4 is 9.47 Å². The molecule has 0 amide bonds. The molecule has 4 nitrogen and oxygen atoms in total. The maximum absolute atomic E-state index is 6.74. The van der Waals surface area contributed by atoms with Gasteiger partial charge in [-0.2, -0.15) is 0 Å². The van der Waals surface area contributed by atoms with Crippen LogP contribution in [0.1, 0.15) is 71.4 Å². The fourth-order valence-electron chi connectivity index (χ4n) is 6.08. The number of benzene rings is 1. The van der Waals surface area contributed by atoms with Gasteiger partial charge in [0.15, 0.2) is 0 Å². The van der Waals surface area contributed by atoms with Crippen molar-refractivity contribution in [1.29, 1.82) is 0 Å². The van der Waals surface area contributed by atoms with Crippen molar-refractivity contribution in [2.75, 3.05) is 14.2 Å². The summed E-state index contributed by atoms with van der Waals surface area (Å²) in [5, 5.41) is 0. The Morgan fingerprint density at radius 1 is 1.06 bits per heavy atom. The van der Waals surface area contributed by atoms with Gasteiger partial charge in [-0.05, 0) is 76.8 Å². The molecule has 2 heterocycles. The molecule has 3 aliphatic rings. The van der Waals surface area contributed by atoms with Gasteiger partial charge in [0.2, 0.25) is 5.79 Å². The zero-order chi connectivity index (χ0) is 24.1. The molecule has 0 saturated heterocycles. The lowest BCUT2D eigenvalue weighted by atomic mass is 9.61. The Morgan fingerprint density at radius 2 is 1.82 bits per heavy atom. The van der Waals surface area contributed by atoms with Gasteiger partial charge in [0, 0.05) is 22.8 Å². The van der Waals surface area contributed by atoms with E-state index in [1.165, 1.54) is 18.4 Å². The number of allylic oxidation sites excluding steroid dienone is 3. The van der Waals surface area contributed by atoms with Gasteiger partial charge in [-0.1, -0.05) is 38.0 Å². The molecule has 1 fully saturated rings. The molecule has 0 N–H and O–H groups in total. The highest BCUT2D eigenvalue weighted by Crippen LogP contribution is 2.66. The number of rotatable bonds is 6. The van der Waals surface area contributed by atoms with Crippen LogP contribution in [0.25, 0.3) is 0 Å². The van der Waals surface area contributed by atoms with Crippen molar-refractivity contribution in [3.05, 3.63) is 58.9 Å². The summed E-state index contributed by atoms with van der Waals surface area (Å²) in [6.45, 7) is 13.2. The van der Waals surface area contributed by atoms with E-state index in [2.05, 4.69) is 71.9 Å². The molecule has 3 atom stereocenters. The van der Waals surface area contributed by atoms with E-state index in [9.17, 15) is 0 Å². The maximum Gasteiger partial charge on any atom is 0.236 e. The van der Waals surface area contributed by atoms with Crippen molar-refractivity contribution in [2.45, 2.75) is 85.0 Å². The van der Waals surface area contributed by atoms with E-state index in [4.69, 9.17) is 18.9 Å². The number of aryl methyl sites for hydroxylation is 1. The summed E-state index contributed by atoms with van der Waals surface area (Å²) in [6.07, 6.45) is 14.0. The molecular weight excluding hydrogens is 412 g/mol. The van der Waals surface area contributed by atoms with Crippen molar-refractivity contribution < 1.29 is 18.9 Å². The first kappa shape index (κ1) is 23.9. The second-order valence-electron chi connectivity index (χ2n) is 11.1. The Morgan fingerprint density at radius 3 is 2.45 bits per heavy atom. The molecular formula is C29H40O4. The van der Waals surface area contributed by atoms with Crippen LogP contribution >= 0.6 is 0 Å². The SMILES string of the molecule is COc1cc(C)c(OC)c(CC=C(C)CC2=CC3(C)CCCC3(C)C3(C=CC(C)(C)O3)O2)c1. The average Bonchev–Trinajstić information content (AvgIpc) is 3.22. The van der Waals surface area contributed by atoms with Gasteiger partial charge in [-0.25, -0.2) is 0 Å². The molecule has 1 spiro atoms. The number of hydrogen-bond acceptors (Lipinski definition) is 4. The van der Waals surface area contributed by atoms with Gasteiger partial charge in [0.1, 0.15) is 17.3 Å². The molecule has 1 saturated carbocycles. The summed E-state index contributed by atoms with van der Waals surface area (Å²) in [5.41, 5.74) is 3.14. The van der Waals surface area contributed by atoms with E-state index in [1.54, 1.807) is 14.2 Å². The molecule has 1 aliphatic carbocycles. The molecule has 180 valence electrons. The van der Waals surface area contributed by atoms with Gasteiger partial charge in [-0.15, -0.1) is 0 Å². The van der Waals surface area contributed by atoms with Crippen molar-refractivity contribution in [2.24, 2.45) is 10.8 Å². The Balaban J connectivity index is 1.59. The minimum Gasteiger partial charge on any atom is -0.497 e. The Bertz CT molecular complexity index is 1020. The third kappa shape index (κ3) is 4.01. The second kappa shape index (κ2) is 8.23. The summed E-state index contributed by atoms with van der Waals surface area (Å²) in [4.78, 5) is 0. The molecule has 33 heavy (non-hydrogen) atoms. The van der Waals surface area contributed by atoms with Gasteiger partial charge < -0.3 is 18.9 Å². The summed E-state index contributed by atoms with van der Waals surface area (Å²) in [6, 6.07) is 4.07. The first-order chi connectivity index (χ1) is 15.5. The van der Waals surface area contributed by atoms with Crippen LogP contribution in [-0.2, 0) is 15.9 Å². The van der Waals surface area contributed by atoms with Crippen molar-refractivity contribution in [1.82, 2.24) is 0 Å². The van der Waals surface area contributed by atoms with Crippen molar-refractivity contribution in [3.8, 4) is 11.5 Å². The topological polar surface area (TPSA) is 36.9 Å². The quantitative estimate of drug-likeness (QED) is 0.433. The molecule has 0 aromatic heterocycles. The predicted molar refractivity (Wildman–Crippen MR) is 133 cm³/mol. The second-order valence-corrected chi connectivity index (χ2v) is 11.1. The molecule has 1 aromatic rings. The lowest BCUT2D eigenvalue weighted by Gasteiger charge is -2.54. The molecule has 3 unspecified atom stereocenters. The highest BCUT2D eigenvalue weighted by atomic mass is 16.7. The first-order valence-corrected chi connectivity index (χ1v) is 12.1. The maximum atomic E-state index is 6.74. The van der Waals surface area contributed by atoms with Crippen LogP contribution in [0.5, 0.6) is 11.5 Å². The minimum atomic E-state index is -0.695. The standard InChI is InChI=1S/C29H40O4/c1-20(10-11-22-18-23(30-7)17-21(2)25(22)31-8)16-24-19-27(5)12-9-13-28(27,6)29(32-24)15-14-26(3,4)33-29/h10,14-15,17-19H,9,11-13,16H2,1-8H3. The third-order valence-corrected chi connectivity index (χ3v) is 8.17. The molecule has 0 radical (unpaired) electrons. The predicted octanol–water partition coefficient (Wildman–Crippen LogP) is 7.06. The normalized spacial score (nSPS) is 32.5. The Hall–Kier alpha value is -2.20. The van der Waals surface area contributed by atoms with E-state index >= 15 is 0 Å². The van der Waals surface area contributed by atoms with Crippen LogP contribution in [0, 0.1) is 17.8 Å². The van der Waals surface area contributed by atoms with Gasteiger partial charge >= 0.3 is 0 Å². The number of hydrogen-bond donors (Lipinski definition) is 0. The van der Waals surface area contributed by atoms with E-state index in [0.29, 0.717) is 0 Å². The molecule has 4 heteroatoms. The number of fused-ring (bicyclic) bond motifs is 2. The summed E-state index contributed by atoms with van der Waals surface area (Å²) < 4.78 is 24.5. The Labute approximate surface area is 199 Å². The van der Waals surface area contributed by atoms with Crippen LogP contribution in [0.2, 0.25) is 0 Å². The summed E-state index contributed by atoms with van der Waals surface area (Å²) in [5.74, 6) is 2.10. The Kier molecular flexibility index (Phi) is 5.97. The lowest BCUT2D eigenvalue weighted by molar-refractivity contribution is -0.292. The highest BCUT2D eigenvalue weighted by molar-refractivity contribution is 5.47. The zero-order valence-electron chi connectivity index (χ0n) is 21.6. The fourth-order valence-corrected chi connectivity index (χ4v) is 6.08. The largest absolute Gasteiger partial charge is 0.497 e. The lowest BCUT2D eigenvalue weighted by Crippen LogP contribution is -2.57. The van der Waals surface area contributed by atoms with E-state index < -0.39 is 5.79 Å². The number of ether oxygens (including phenoxy) is 4. The molecule has 2 aliphatic heterocycles. The van der Waals surface area contributed by atoms with E-state index in [0.717, 1.165) is 47.6 Å². The molecule has 0 bridgehead atoms. The third-order valence-electron chi connectivity index (χ3n) is 8.17. The van der Waals surface area contributed by atoms with Gasteiger partial charge in [-0.3, -0.25) is 0 Å². The van der Waals surface area contributed by atoms with E-state index in [-0.39, 0.29) is 16.4 Å². The van der Waals surface area contributed by atoms with Crippen molar-refractivity contribution >= 4 is 0 Å². The van der Waals surface area contributed by atoms with Crippen LogP contribution in [-0.4, -0.2) is 25.6 Å².